The third-order valence-electron chi connectivity index (χ3n) is 3.04. The van der Waals surface area contributed by atoms with E-state index in [1.807, 2.05) is 0 Å². The summed E-state index contributed by atoms with van der Waals surface area (Å²) >= 11 is 0. The number of rotatable bonds is 7. The van der Waals surface area contributed by atoms with Crippen molar-refractivity contribution in [3.8, 4) is 0 Å². The summed E-state index contributed by atoms with van der Waals surface area (Å²) in [5.41, 5.74) is 1.31. The first-order valence-electron chi connectivity index (χ1n) is 6.60. The van der Waals surface area contributed by atoms with E-state index < -0.39 is 0 Å². The van der Waals surface area contributed by atoms with Crippen molar-refractivity contribution in [1.29, 1.82) is 0 Å². The highest BCUT2D eigenvalue weighted by molar-refractivity contribution is 5.20. The van der Waals surface area contributed by atoms with Crippen LogP contribution in [-0.4, -0.2) is 24.0 Å². The fraction of sp³-hybridized carbons (Fsp3) is 0.714. The lowest BCUT2D eigenvalue weighted by molar-refractivity contribution is 0.293. The van der Waals surface area contributed by atoms with Gasteiger partial charge in [0.1, 0.15) is 11.5 Å². The summed E-state index contributed by atoms with van der Waals surface area (Å²) in [6, 6.07) is 2.68. The average molecular weight is 238 g/mol. The number of hydrogen-bond acceptors (Lipinski definition) is 3. The van der Waals surface area contributed by atoms with Gasteiger partial charge in [0, 0.05) is 18.2 Å². The Bertz CT molecular complexity index is 327. The molecule has 0 bridgehead atoms. The maximum absolute atomic E-state index is 5.77. The summed E-state index contributed by atoms with van der Waals surface area (Å²) in [4.78, 5) is 2.40. The van der Waals surface area contributed by atoms with Gasteiger partial charge in [-0.25, -0.2) is 0 Å². The number of nitrogens with zero attached hydrogens (tertiary/aromatic N) is 1. The van der Waals surface area contributed by atoms with E-state index >= 15 is 0 Å². The Morgan fingerprint density at radius 1 is 1.29 bits per heavy atom. The lowest BCUT2D eigenvalue weighted by atomic mass is 10.2. The molecule has 98 valence electrons. The highest BCUT2D eigenvalue weighted by Gasteiger charge is 2.10. The van der Waals surface area contributed by atoms with Crippen molar-refractivity contribution in [2.75, 3.05) is 13.1 Å². The minimum atomic E-state index is 0.492. The zero-order chi connectivity index (χ0) is 12.8. The molecule has 1 N–H and O–H groups in total. The highest BCUT2D eigenvalue weighted by Crippen LogP contribution is 2.16. The van der Waals surface area contributed by atoms with Crippen LogP contribution in [0.25, 0.3) is 0 Å². The molecule has 1 heterocycles. The van der Waals surface area contributed by atoms with Gasteiger partial charge in [0.25, 0.3) is 0 Å². The number of hydrogen-bond donors (Lipinski definition) is 1. The van der Waals surface area contributed by atoms with Crippen LogP contribution >= 0.6 is 0 Å². The van der Waals surface area contributed by atoms with Crippen LogP contribution in [0.15, 0.2) is 10.5 Å². The van der Waals surface area contributed by atoms with Crippen molar-refractivity contribution in [2.24, 2.45) is 0 Å². The van der Waals surface area contributed by atoms with E-state index in [0.717, 1.165) is 37.7 Å². The lowest BCUT2D eigenvalue weighted by Crippen LogP contribution is -2.22. The van der Waals surface area contributed by atoms with Gasteiger partial charge >= 0.3 is 0 Å². The molecule has 0 unspecified atom stereocenters. The van der Waals surface area contributed by atoms with Crippen LogP contribution in [0.4, 0.5) is 0 Å². The Kier molecular flexibility index (Phi) is 5.72. The Hall–Kier alpha value is -0.800. The summed E-state index contributed by atoms with van der Waals surface area (Å²) in [6.45, 7) is 14.7. The molecule has 17 heavy (non-hydrogen) atoms. The van der Waals surface area contributed by atoms with Gasteiger partial charge in [0.2, 0.25) is 0 Å². The molecule has 0 amide bonds. The molecule has 0 atom stereocenters. The number of furan rings is 1. The first kappa shape index (κ1) is 14.3. The molecule has 0 saturated carbocycles. The Morgan fingerprint density at radius 2 is 1.94 bits per heavy atom. The van der Waals surface area contributed by atoms with Crippen molar-refractivity contribution >= 4 is 0 Å². The first-order chi connectivity index (χ1) is 8.06. The molecule has 0 aliphatic heterocycles. The third kappa shape index (κ3) is 4.52. The molecular formula is C14H26N2O. The Labute approximate surface area is 105 Å². The van der Waals surface area contributed by atoms with E-state index in [2.05, 4.69) is 50.9 Å². The lowest BCUT2D eigenvalue weighted by Gasteiger charge is -2.16. The summed E-state index contributed by atoms with van der Waals surface area (Å²) < 4.78 is 5.77. The molecule has 1 rings (SSSR count). The molecule has 0 radical (unpaired) electrons. The topological polar surface area (TPSA) is 28.4 Å². The summed E-state index contributed by atoms with van der Waals surface area (Å²) in [7, 11) is 0. The van der Waals surface area contributed by atoms with Crippen molar-refractivity contribution in [1.82, 2.24) is 10.2 Å². The van der Waals surface area contributed by atoms with Crippen molar-refractivity contribution in [3.05, 3.63) is 23.2 Å². The Balaban J connectivity index is 2.61. The molecule has 1 aromatic rings. The smallest absolute Gasteiger partial charge is 0.118 e. The Morgan fingerprint density at radius 3 is 2.47 bits per heavy atom. The second-order valence-corrected chi connectivity index (χ2v) is 4.79. The number of nitrogens with one attached hydrogen (secondary N) is 1. The molecule has 0 aliphatic rings. The third-order valence-corrected chi connectivity index (χ3v) is 3.04. The van der Waals surface area contributed by atoms with Gasteiger partial charge in [0.15, 0.2) is 0 Å². The SMILES string of the molecule is CCN(CC)Cc1cc(CNC(C)C)oc1C. The standard InChI is InChI=1S/C14H26N2O/c1-6-16(7-2)10-13-8-14(17-12(13)5)9-15-11(3)4/h8,11,15H,6-7,9-10H2,1-5H3. The van der Waals surface area contributed by atoms with Gasteiger partial charge in [-0.15, -0.1) is 0 Å². The second-order valence-electron chi connectivity index (χ2n) is 4.79. The van der Waals surface area contributed by atoms with E-state index in [9.17, 15) is 0 Å². The highest BCUT2D eigenvalue weighted by atomic mass is 16.3. The fourth-order valence-corrected chi connectivity index (χ4v) is 1.82. The van der Waals surface area contributed by atoms with Crippen LogP contribution < -0.4 is 5.32 Å². The van der Waals surface area contributed by atoms with Gasteiger partial charge < -0.3 is 9.73 Å². The maximum Gasteiger partial charge on any atom is 0.118 e. The minimum Gasteiger partial charge on any atom is -0.465 e. The summed E-state index contributed by atoms with van der Waals surface area (Å²) in [5.74, 6) is 2.09. The normalized spacial score (nSPS) is 11.7. The zero-order valence-corrected chi connectivity index (χ0v) is 11.8. The predicted molar refractivity (Wildman–Crippen MR) is 72.0 cm³/mol. The summed E-state index contributed by atoms with van der Waals surface area (Å²) in [5, 5.41) is 3.38. The molecule has 0 aliphatic carbocycles. The van der Waals surface area contributed by atoms with Crippen LogP contribution in [-0.2, 0) is 13.1 Å². The largest absolute Gasteiger partial charge is 0.465 e. The van der Waals surface area contributed by atoms with E-state index in [4.69, 9.17) is 4.42 Å². The molecule has 0 saturated heterocycles. The van der Waals surface area contributed by atoms with Crippen LogP contribution in [0, 0.1) is 6.92 Å². The quantitative estimate of drug-likeness (QED) is 0.791. The van der Waals surface area contributed by atoms with Crippen molar-refractivity contribution in [2.45, 2.75) is 53.8 Å². The molecule has 0 spiro atoms. The zero-order valence-electron chi connectivity index (χ0n) is 11.8. The van der Waals surface area contributed by atoms with Gasteiger partial charge in [-0.3, -0.25) is 4.90 Å². The van der Waals surface area contributed by atoms with Crippen molar-refractivity contribution in [3.63, 3.8) is 0 Å². The molecule has 0 aromatic carbocycles. The minimum absolute atomic E-state index is 0.492. The molecule has 3 heteroatoms. The molecular weight excluding hydrogens is 212 g/mol. The fourth-order valence-electron chi connectivity index (χ4n) is 1.82. The van der Waals surface area contributed by atoms with E-state index in [0.29, 0.717) is 6.04 Å². The molecule has 0 fully saturated rings. The van der Waals surface area contributed by atoms with Gasteiger partial charge in [-0.2, -0.15) is 0 Å². The molecule has 1 aromatic heterocycles. The second kappa shape index (κ2) is 6.82. The monoisotopic (exact) mass is 238 g/mol. The maximum atomic E-state index is 5.77. The summed E-state index contributed by atoms with van der Waals surface area (Å²) in [6.07, 6.45) is 0. The van der Waals surface area contributed by atoms with Crippen LogP contribution in [0.5, 0.6) is 0 Å². The van der Waals surface area contributed by atoms with Crippen molar-refractivity contribution < 1.29 is 4.42 Å². The van der Waals surface area contributed by atoms with Crippen LogP contribution in [0.3, 0.4) is 0 Å². The average Bonchev–Trinajstić information content (AvgIpc) is 2.64. The van der Waals surface area contributed by atoms with E-state index in [1.165, 1.54) is 5.56 Å². The first-order valence-corrected chi connectivity index (χ1v) is 6.60. The van der Waals surface area contributed by atoms with E-state index in [-0.39, 0.29) is 0 Å². The van der Waals surface area contributed by atoms with Gasteiger partial charge in [0.05, 0.1) is 6.54 Å². The van der Waals surface area contributed by atoms with Crippen LogP contribution in [0.2, 0.25) is 0 Å². The van der Waals surface area contributed by atoms with Gasteiger partial charge in [-0.1, -0.05) is 27.7 Å². The van der Waals surface area contributed by atoms with Gasteiger partial charge in [-0.05, 0) is 26.1 Å². The van der Waals surface area contributed by atoms with E-state index in [1.54, 1.807) is 0 Å². The molecule has 3 nitrogen and oxygen atoms in total. The number of aryl methyl sites for hydroxylation is 1. The predicted octanol–water partition coefficient (Wildman–Crippen LogP) is 2.93. The van der Waals surface area contributed by atoms with Crippen LogP contribution in [0.1, 0.15) is 44.8 Å².